The fourth-order valence-electron chi connectivity index (χ4n) is 1.21. The van der Waals surface area contributed by atoms with Gasteiger partial charge in [0.25, 0.3) is 0 Å². The molecule has 1 nitrogen and oxygen atoms in total. The first-order valence-electron chi connectivity index (χ1n) is 5.21. The van der Waals surface area contributed by atoms with Crippen molar-refractivity contribution in [2.45, 2.75) is 32.9 Å². The van der Waals surface area contributed by atoms with Gasteiger partial charge < -0.3 is 5.32 Å². The number of hydrogen-bond acceptors (Lipinski definition) is 1. The van der Waals surface area contributed by atoms with Crippen LogP contribution in [0.1, 0.15) is 31.4 Å². The second-order valence-corrected chi connectivity index (χ2v) is 3.64. The van der Waals surface area contributed by atoms with E-state index >= 15 is 0 Å². The zero-order chi connectivity index (χ0) is 10.4. The molecule has 0 aromatic heterocycles. The SMILES string of the molecule is C=Cc1ccc(CNC(C)CC)cc1. The van der Waals surface area contributed by atoms with Gasteiger partial charge in [-0.05, 0) is 24.5 Å². The van der Waals surface area contributed by atoms with Crippen molar-refractivity contribution in [1.82, 2.24) is 5.32 Å². The van der Waals surface area contributed by atoms with Gasteiger partial charge in [0.05, 0.1) is 0 Å². The molecule has 14 heavy (non-hydrogen) atoms. The van der Waals surface area contributed by atoms with Crippen LogP contribution in [0, 0.1) is 0 Å². The van der Waals surface area contributed by atoms with Crippen molar-refractivity contribution in [3.8, 4) is 0 Å². The van der Waals surface area contributed by atoms with E-state index in [1.807, 2.05) is 6.08 Å². The van der Waals surface area contributed by atoms with Crippen LogP contribution >= 0.6 is 0 Å². The summed E-state index contributed by atoms with van der Waals surface area (Å²) in [5.41, 5.74) is 2.51. The molecule has 1 N–H and O–H groups in total. The lowest BCUT2D eigenvalue weighted by molar-refractivity contribution is 0.534. The number of nitrogens with one attached hydrogen (secondary N) is 1. The largest absolute Gasteiger partial charge is 0.310 e. The lowest BCUT2D eigenvalue weighted by Crippen LogP contribution is -2.24. The molecule has 0 amide bonds. The average Bonchev–Trinajstić information content (AvgIpc) is 2.26. The molecule has 1 rings (SSSR count). The summed E-state index contributed by atoms with van der Waals surface area (Å²) < 4.78 is 0. The van der Waals surface area contributed by atoms with Crippen molar-refractivity contribution < 1.29 is 0 Å². The predicted octanol–water partition coefficient (Wildman–Crippen LogP) is 3.22. The highest BCUT2D eigenvalue weighted by Crippen LogP contribution is 2.05. The average molecular weight is 189 g/mol. The molecule has 1 atom stereocenters. The maximum atomic E-state index is 3.73. The second-order valence-electron chi connectivity index (χ2n) is 3.64. The Balaban J connectivity index is 2.47. The molecule has 0 heterocycles. The fourth-order valence-corrected chi connectivity index (χ4v) is 1.21. The minimum Gasteiger partial charge on any atom is -0.310 e. The normalized spacial score (nSPS) is 12.4. The van der Waals surface area contributed by atoms with E-state index in [1.165, 1.54) is 17.5 Å². The van der Waals surface area contributed by atoms with Gasteiger partial charge in [-0.15, -0.1) is 0 Å². The first-order chi connectivity index (χ1) is 6.76. The summed E-state index contributed by atoms with van der Waals surface area (Å²) in [6.45, 7) is 9.08. The van der Waals surface area contributed by atoms with Gasteiger partial charge in [0.2, 0.25) is 0 Å². The Bertz CT molecular complexity index is 274. The predicted molar refractivity (Wildman–Crippen MR) is 63.1 cm³/mol. The molecule has 0 saturated carbocycles. The summed E-state index contributed by atoms with van der Waals surface area (Å²) in [5.74, 6) is 0. The van der Waals surface area contributed by atoms with E-state index < -0.39 is 0 Å². The summed E-state index contributed by atoms with van der Waals surface area (Å²) in [6, 6.07) is 9.08. The molecular weight excluding hydrogens is 170 g/mol. The third kappa shape index (κ3) is 3.35. The van der Waals surface area contributed by atoms with Gasteiger partial charge in [0, 0.05) is 12.6 Å². The second kappa shape index (κ2) is 5.61. The first-order valence-corrected chi connectivity index (χ1v) is 5.21. The Hall–Kier alpha value is -1.08. The Kier molecular flexibility index (Phi) is 4.41. The monoisotopic (exact) mass is 189 g/mol. The van der Waals surface area contributed by atoms with Crippen LogP contribution in [-0.4, -0.2) is 6.04 Å². The van der Waals surface area contributed by atoms with Crippen LogP contribution < -0.4 is 5.32 Å². The summed E-state index contributed by atoms with van der Waals surface area (Å²) >= 11 is 0. The summed E-state index contributed by atoms with van der Waals surface area (Å²) in [4.78, 5) is 0. The van der Waals surface area contributed by atoms with Gasteiger partial charge >= 0.3 is 0 Å². The quantitative estimate of drug-likeness (QED) is 0.750. The molecule has 0 saturated heterocycles. The van der Waals surface area contributed by atoms with E-state index in [0.29, 0.717) is 6.04 Å². The van der Waals surface area contributed by atoms with Crippen molar-refractivity contribution in [1.29, 1.82) is 0 Å². The summed E-state index contributed by atoms with van der Waals surface area (Å²) in [5, 5.41) is 3.46. The molecule has 0 aliphatic rings. The molecule has 0 bridgehead atoms. The van der Waals surface area contributed by atoms with Gasteiger partial charge in [-0.25, -0.2) is 0 Å². The molecule has 1 unspecified atom stereocenters. The molecule has 0 aliphatic carbocycles. The number of hydrogen-bond donors (Lipinski definition) is 1. The van der Waals surface area contributed by atoms with Crippen molar-refractivity contribution in [3.63, 3.8) is 0 Å². The smallest absolute Gasteiger partial charge is 0.0207 e. The lowest BCUT2D eigenvalue weighted by Gasteiger charge is -2.11. The molecule has 0 fully saturated rings. The number of benzene rings is 1. The highest BCUT2D eigenvalue weighted by atomic mass is 14.9. The Morgan fingerprint density at radius 2 is 2.00 bits per heavy atom. The molecule has 0 radical (unpaired) electrons. The summed E-state index contributed by atoms with van der Waals surface area (Å²) in [6.07, 6.45) is 3.04. The van der Waals surface area contributed by atoms with Crippen LogP contribution in [-0.2, 0) is 6.54 Å². The van der Waals surface area contributed by atoms with Crippen LogP contribution in [0.3, 0.4) is 0 Å². The van der Waals surface area contributed by atoms with Crippen LogP contribution in [0.25, 0.3) is 6.08 Å². The Morgan fingerprint density at radius 3 is 2.50 bits per heavy atom. The first kappa shape index (κ1) is 11.0. The number of rotatable bonds is 5. The maximum absolute atomic E-state index is 3.73. The van der Waals surface area contributed by atoms with Crippen molar-refractivity contribution in [3.05, 3.63) is 42.0 Å². The third-order valence-electron chi connectivity index (χ3n) is 2.48. The summed E-state index contributed by atoms with van der Waals surface area (Å²) in [7, 11) is 0. The van der Waals surface area contributed by atoms with Gasteiger partial charge in [-0.1, -0.05) is 43.8 Å². The van der Waals surface area contributed by atoms with E-state index in [9.17, 15) is 0 Å². The van der Waals surface area contributed by atoms with E-state index in [-0.39, 0.29) is 0 Å². The topological polar surface area (TPSA) is 12.0 Å². The molecule has 1 aromatic rings. The van der Waals surface area contributed by atoms with Gasteiger partial charge in [0.15, 0.2) is 0 Å². The minimum atomic E-state index is 0.592. The van der Waals surface area contributed by atoms with Gasteiger partial charge in [0.1, 0.15) is 0 Å². The highest BCUT2D eigenvalue weighted by molar-refractivity contribution is 5.47. The molecule has 0 aliphatic heterocycles. The lowest BCUT2D eigenvalue weighted by atomic mass is 10.1. The van der Waals surface area contributed by atoms with Crippen LogP contribution in [0.4, 0.5) is 0 Å². The fraction of sp³-hybridized carbons (Fsp3) is 0.385. The minimum absolute atomic E-state index is 0.592. The zero-order valence-electron chi connectivity index (χ0n) is 9.09. The van der Waals surface area contributed by atoms with E-state index in [0.717, 1.165) is 6.54 Å². The Morgan fingerprint density at radius 1 is 1.36 bits per heavy atom. The van der Waals surface area contributed by atoms with Crippen LogP contribution in [0.2, 0.25) is 0 Å². The maximum Gasteiger partial charge on any atom is 0.0207 e. The molecular formula is C13H19N. The molecule has 1 heteroatoms. The van der Waals surface area contributed by atoms with Gasteiger partial charge in [-0.3, -0.25) is 0 Å². The van der Waals surface area contributed by atoms with Crippen LogP contribution in [0.15, 0.2) is 30.8 Å². The molecule has 76 valence electrons. The standard InChI is InChI=1S/C13H19N/c1-4-11(3)14-10-13-8-6-12(5-2)7-9-13/h5-9,11,14H,2,4,10H2,1,3H3. The molecule has 0 spiro atoms. The third-order valence-corrected chi connectivity index (χ3v) is 2.48. The highest BCUT2D eigenvalue weighted by Gasteiger charge is 1.97. The van der Waals surface area contributed by atoms with E-state index in [4.69, 9.17) is 0 Å². The zero-order valence-corrected chi connectivity index (χ0v) is 9.09. The van der Waals surface area contributed by atoms with E-state index in [2.05, 4.69) is 50.0 Å². The van der Waals surface area contributed by atoms with Crippen LogP contribution in [0.5, 0.6) is 0 Å². The molecule has 1 aromatic carbocycles. The Labute approximate surface area is 86.8 Å². The van der Waals surface area contributed by atoms with Gasteiger partial charge in [-0.2, -0.15) is 0 Å². The van der Waals surface area contributed by atoms with Crippen molar-refractivity contribution in [2.75, 3.05) is 0 Å². The van der Waals surface area contributed by atoms with E-state index in [1.54, 1.807) is 0 Å². The van der Waals surface area contributed by atoms with Crippen molar-refractivity contribution in [2.24, 2.45) is 0 Å². The van der Waals surface area contributed by atoms with Crippen molar-refractivity contribution >= 4 is 6.08 Å².